The molecule has 0 unspecified atom stereocenters. The van der Waals surface area contributed by atoms with Crippen molar-refractivity contribution in [3.8, 4) is 5.75 Å². The molecule has 1 aliphatic rings. The summed E-state index contributed by atoms with van der Waals surface area (Å²) in [4.78, 5) is 11.8. The summed E-state index contributed by atoms with van der Waals surface area (Å²) in [6.07, 6.45) is 4.64. The molecule has 1 aromatic carbocycles. The van der Waals surface area contributed by atoms with E-state index in [1.807, 2.05) is 24.3 Å². The SMILES string of the molecule is CCNCc1cccc(OCC(=O)NC2CCCC2)c1. The quantitative estimate of drug-likeness (QED) is 0.803. The molecule has 0 atom stereocenters. The molecule has 2 N–H and O–H groups in total. The zero-order valence-corrected chi connectivity index (χ0v) is 12.2. The van der Waals surface area contributed by atoms with Crippen LogP contribution in [0.4, 0.5) is 0 Å². The molecule has 4 heteroatoms. The third-order valence-corrected chi connectivity index (χ3v) is 3.57. The number of ether oxygens (including phenoxy) is 1. The summed E-state index contributed by atoms with van der Waals surface area (Å²) >= 11 is 0. The van der Waals surface area contributed by atoms with Crippen molar-refractivity contribution in [3.05, 3.63) is 29.8 Å². The number of hydrogen-bond donors (Lipinski definition) is 2. The summed E-state index contributed by atoms with van der Waals surface area (Å²) in [6.45, 7) is 3.94. The molecule has 1 fully saturated rings. The monoisotopic (exact) mass is 276 g/mol. The minimum absolute atomic E-state index is 0.0195. The van der Waals surface area contributed by atoms with Crippen LogP contribution in [-0.2, 0) is 11.3 Å². The van der Waals surface area contributed by atoms with Gasteiger partial charge in [-0.1, -0.05) is 31.9 Å². The lowest BCUT2D eigenvalue weighted by Crippen LogP contribution is -2.36. The van der Waals surface area contributed by atoms with Crippen molar-refractivity contribution in [2.75, 3.05) is 13.2 Å². The molecule has 0 radical (unpaired) electrons. The Bertz CT molecular complexity index is 428. The van der Waals surface area contributed by atoms with Crippen LogP contribution in [0.5, 0.6) is 5.75 Å². The second-order valence-electron chi connectivity index (χ2n) is 5.27. The zero-order chi connectivity index (χ0) is 14.2. The van der Waals surface area contributed by atoms with Gasteiger partial charge >= 0.3 is 0 Å². The van der Waals surface area contributed by atoms with Crippen molar-refractivity contribution in [1.82, 2.24) is 10.6 Å². The van der Waals surface area contributed by atoms with E-state index in [9.17, 15) is 4.79 Å². The van der Waals surface area contributed by atoms with Gasteiger partial charge in [0.05, 0.1) is 0 Å². The van der Waals surface area contributed by atoms with Crippen LogP contribution < -0.4 is 15.4 Å². The van der Waals surface area contributed by atoms with Crippen LogP contribution >= 0.6 is 0 Å². The van der Waals surface area contributed by atoms with E-state index in [4.69, 9.17) is 4.74 Å². The largest absolute Gasteiger partial charge is 0.484 e. The van der Waals surface area contributed by atoms with Crippen molar-refractivity contribution >= 4 is 5.91 Å². The van der Waals surface area contributed by atoms with Gasteiger partial charge in [-0.05, 0) is 37.1 Å². The lowest BCUT2D eigenvalue weighted by Gasteiger charge is -2.13. The molecule has 4 nitrogen and oxygen atoms in total. The maximum Gasteiger partial charge on any atom is 0.258 e. The van der Waals surface area contributed by atoms with Gasteiger partial charge in [-0.15, -0.1) is 0 Å². The molecule has 0 aliphatic heterocycles. The van der Waals surface area contributed by atoms with Gasteiger partial charge in [0.2, 0.25) is 0 Å². The Labute approximate surface area is 120 Å². The number of carbonyl (C=O) groups is 1. The predicted molar refractivity (Wildman–Crippen MR) is 79.7 cm³/mol. The molecule has 1 saturated carbocycles. The van der Waals surface area contributed by atoms with Crippen LogP contribution in [0.15, 0.2) is 24.3 Å². The molecule has 1 aliphatic carbocycles. The van der Waals surface area contributed by atoms with Gasteiger partial charge in [0.15, 0.2) is 6.61 Å². The lowest BCUT2D eigenvalue weighted by molar-refractivity contribution is -0.123. The van der Waals surface area contributed by atoms with Gasteiger partial charge in [0.25, 0.3) is 5.91 Å². The summed E-state index contributed by atoms with van der Waals surface area (Å²) in [5.41, 5.74) is 1.17. The van der Waals surface area contributed by atoms with Gasteiger partial charge in [-0.25, -0.2) is 0 Å². The predicted octanol–water partition coefficient (Wildman–Crippen LogP) is 2.23. The number of carbonyl (C=O) groups excluding carboxylic acids is 1. The van der Waals surface area contributed by atoms with E-state index in [0.717, 1.165) is 31.7 Å². The molecule has 1 amide bonds. The van der Waals surface area contributed by atoms with E-state index in [-0.39, 0.29) is 12.5 Å². The van der Waals surface area contributed by atoms with Crippen LogP contribution in [0, 0.1) is 0 Å². The molecule has 0 spiro atoms. The van der Waals surface area contributed by atoms with Crippen LogP contribution in [-0.4, -0.2) is 25.1 Å². The summed E-state index contributed by atoms with van der Waals surface area (Å²) in [5.74, 6) is 0.732. The van der Waals surface area contributed by atoms with E-state index in [1.165, 1.54) is 18.4 Å². The molecule has 2 rings (SSSR count). The maximum absolute atomic E-state index is 11.8. The Balaban J connectivity index is 1.76. The van der Waals surface area contributed by atoms with Crippen molar-refractivity contribution < 1.29 is 9.53 Å². The highest BCUT2D eigenvalue weighted by Crippen LogP contribution is 2.17. The first-order valence-electron chi connectivity index (χ1n) is 7.49. The molecule has 110 valence electrons. The van der Waals surface area contributed by atoms with Crippen molar-refractivity contribution in [2.24, 2.45) is 0 Å². The molecule has 0 heterocycles. The molecule has 1 aromatic rings. The van der Waals surface area contributed by atoms with Gasteiger partial charge in [-0.3, -0.25) is 4.79 Å². The smallest absolute Gasteiger partial charge is 0.258 e. The van der Waals surface area contributed by atoms with Crippen LogP contribution in [0.25, 0.3) is 0 Å². The molecular formula is C16H24N2O2. The van der Waals surface area contributed by atoms with Crippen molar-refractivity contribution in [1.29, 1.82) is 0 Å². The summed E-state index contributed by atoms with van der Waals surface area (Å²) < 4.78 is 5.56. The van der Waals surface area contributed by atoms with Crippen LogP contribution in [0.2, 0.25) is 0 Å². The first kappa shape index (κ1) is 14.9. The molecule has 0 aromatic heterocycles. The minimum atomic E-state index is -0.0195. The van der Waals surface area contributed by atoms with Crippen molar-refractivity contribution in [2.45, 2.75) is 45.2 Å². The van der Waals surface area contributed by atoms with Crippen LogP contribution in [0.1, 0.15) is 38.2 Å². The van der Waals surface area contributed by atoms with Crippen molar-refractivity contribution in [3.63, 3.8) is 0 Å². The third-order valence-electron chi connectivity index (χ3n) is 3.57. The summed E-state index contributed by atoms with van der Waals surface area (Å²) in [7, 11) is 0. The molecule has 0 bridgehead atoms. The number of nitrogens with one attached hydrogen (secondary N) is 2. The van der Waals surface area contributed by atoms with E-state index in [1.54, 1.807) is 0 Å². The number of benzene rings is 1. The van der Waals surface area contributed by atoms with Gasteiger partial charge in [0.1, 0.15) is 5.75 Å². The standard InChI is InChI=1S/C16H24N2O2/c1-2-17-11-13-6-5-9-15(10-13)20-12-16(19)18-14-7-3-4-8-14/h5-6,9-10,14,17H,2-4,7-8,11-12H2,1H3,(H,18,19). The second-order valence-corrected chi connectivity index (χ2v) is 5.27. The fourth-order valence-corrected chi connectivity index (χ4v) is 2.50. The van der Waals surface area contributed by atoms with E-state index in [0.29, 0.717) is 6.04 Å². The van der Waals surface area contributed by atoms with Crippen LogP contribution in [0.3, 0.4) is 0 Å². The molecule has 20 heavy (non-hydrogen) atoms. The first-order chi connectivity index (χ1) is 9.78. The average molecular weight is 276 g/mol. The fourth-order valence-electron chi connectivity index (χ4n) is 2.50. The van der Waals surface area contributed by atoms with E-state index >= 15 is 0 Å². The molecule has 0 saturated heterocycles. The van der Waals surface area contributed by atoms with Gasteiger partial charge in [-0.2, -0.15) is 0 Å². The highest BCUT2D eigenvalue weighted by Gasteiger charge is 2.17. The average Bonchev–Trinajstić information content (AvgIpc) is 2.96. The molecular weight excluding hydrogens is 252 g/mol. The Morgan fingerprint density at radius 1 is 1.35 bits per heavy atom. The topological polar surface area (TPSA) is 50.4 Å². The Hall–Kier alpha value is -1.55. The maximum atomic E-state index is 11.8. The Morgan fingerprint density at radius 2 is 2.15 bits per heavy atom. The zero-order valence-electron chi connectivity index (χ0n) is 12.2. The number of amides is 1. The number of hydrogen-bond acceptors (Lipinski definition) is 3. The third kappa shape index (κ3) is 4.85. The number of rotatable bonds is 7. The Morgan fingerprint density at radius 3 is 2.90 bits per heavy atom. The summed E-state index contributed by atoms with van der Waals surface area (Å²) in [5, 5.41) is 6.29. The van der Waals surface area contributed by atoms with E-state index in [2.05, 4.69) is 17.6 Å². The van der Waals surface area contributed by atoms with E-state index < -0.39 is 0 Å². The second kappa shape index (κ2) is 7.90. The fraction of sp³-hybridized carbons (Fsp3) is 0.562. The Kier molecular flexibility index (Phi) is 5.87. The summed E-state index contributed by atoms with van der Waals surface area (Å²) in [6, 6.07) is 8.22. The normalized spacial score (nSPS) is 15.2. The van der Waals surface area contributed by atoms with Gasteiger partial charge < -0.3 is 15.4 Å². The highest BCUT2D eigenvalue weighted by molar-refractivity contribution is 5.77. The minimum Gasteiger partial charge on any atom is -0.484 e. The first-order valence-corrected chi connectivity index (χ1v) is 7.49. The lowest BCUT2D eigenvalue weighted by atomic mass is 10.2. The highest BCUT2D eigenvalue weighted by atomic mass is 16.5. The van der Waals surface area contributed by atoms with Gasteiger partial charge in [0, 0.05) is 12.6 Å².